The van der Waals surface area contributed by atoms with Crippen molar-refractivity contribution >= 4 is 33.0 Å². The number of nitrogens with zero attached hydrogens (tertiary/aromatic N) is 1. The number of rotatable bonds is 3. The lowest BCUT2D eigenvalue weighted by molar-refractivity contribution is -0.384. The van der Waals surface area contributed by atoms with Gasteiger partial charge in [-0.15, -0.1) is 11.3 Å². The van der Waals surface area contributed by atoms with Gasteiger partial charge < -0.3 is 10.6 Å². The van der Waals surface area contributed by atoms with Gasteiger partial charge in [-0.1, -0.05) is 0 Å². The zero-order chi connectivity index (χ0) is 14.1. The molecule has 0 bridgehead atoms. The highest BCUT2D eigenvalue weighted by Crippen LogP contribution is 2.29. The van der Waals surface area contributed by atoms with Crippen LogP contribution < -0.4 is 10.6 Å². The predicted octanol–water partition coefficient (Wildman–Crippen LogP) is 1.90. The fourth-order valence-corrected chi connectivity index (χ4v) is 3.24. The van der Waals surface area contributed by atoms with Gasteiger partial charge in [-0.05, 0) is 25.1 Å². The molecule has 1 atom stereocenters. The van der Waals surface area contributed by atoms with E-state index in [-0.39, 0.29) is 17.6 Å². The third kappa shape index (κ3) is 2.50. The van der Waals surface area contributed by atoms with Crippen LogP contribution in [0, 0.1) is 10.1 Å². The van der Waals surface area contributed by atoms with Crippen LogP contribution in [0.2, 0.25) is 0 Å². The number of benzene rings is 1. The second-order valence-electron chi connectivity index (χ2n) is 4.75. The molecule has 2 N–H and O–H groups in total. The lowest BCUT2D eigenvalue weighted by Gasteiger charge is -2.09. The molecule has 0 radical (unpaired) electrons. The van der Waals surface area contributed by atoms with Crippen LogP contribution in [0.3, 0.4) is 0 Å². The van der Waals surface area contributed by atoms with Crippen molar-refractivity contribution in [3.63, 3.8) is 0 Å². The number of fused-ring (bicyclic) bond motifs is 1. The van der Waals surface area contributed by atoms with Crippen LogP contribution in [0.1, 0.15) is 16.1 Å². The summed E-state index contributed by atoms with van der Waals surface area (Å²) in [5, 5.41) is 17.6. The maximum absolute atomic E-state index is 12.1. The van der Waals surface area contributed by atoms with Crippen molar-refractivity contribution in [1.29, 1.82) is 0 Å². The Balaban J connectivity index is 1.84. The van der Waals surface area contributed by atoms with Crippen LogP contribution in [0.4, 0.5) is 5.69 Å². The van der Waals surface area contributed by atoms with E-state index in [2.05, 4.69) is 10.6 Å². The molecule has 1 fully saturated rings. The van der Waals surface area contributed by atoms with Gasteiger partial charge in [0, 0.05) is 34.8 Å². The largest absolute Gasteiger partial charge is 0.347 e. The Morgan fingerprint density at radius 1 is 1.45 bits per heavy atom. The molecule has 20 heavy (non-hydrogen) atoms. The Labute approximate surface area is 118 Å². The van der Waals surface area contributed by atoms with Crippen LogP contribution in [0.25, 0.3) is 10.1 Å². The van der Waals surface area contributed by atoms with E-state index in [1.165, 1.54) is 23.5 Å². The Hall–Kier alpha value is -1.99. The molecule has 0 aliphatic carbocycles. The van der Waals surface area contributed by atoms with E-state index in [4.69, 9.17) is 0 Å². The minimum atomic E-state index is -0.430. The summed E-state index contributed by atoms with van der Waals surface area (Å²) in [7, 11) is 0. The maximum Gasteiger partial charge on any atom is 0.270 e. The van der Waals surface area contributed by atoms with Gasteiger partial charge >= 0.3 is 0 Å². The van der Waals surface area contributed by atoms with E-state index in [0.717, 1.165) is 29.6 Å². The number of nitro groups is 1. The van der Waals surface area contributed by atoms with E-state index in [9.17, 15) is 14.9 Å². The molecule has 1 saturated heterocycles. The molecule has 2 aromatic rings. The van der Waals surface area contributed by atoms with E-state index in [1.54, 1.807) is 12.1 Å². The van der Waals surface area contributed by atoms with Crippen molar-refractivity contribution in [1.82, 2.24) is 10.6 Å². The maximum atomic E-state index is 12.1. The zero-order valence-corrected chi connectivity index (χ0v) is 11.4. The number of carbonyl (C=O) groups excluding carboxylic acids is 1. The van der Waals surface area contributed by atoms with Gasteiger partial charge in [0.05, 0.1) is 9.80 Å². The highest BCUT2D eigenvalue weighted by atomic mass is 32.1. The van der Waals surface area contributed by atoms with Crippen molar-refractivity contribution in [2.45, 2.75) is 12.5 Å². The van der Waals surface area contributed by atoms with Gasteiger partial charge in [-0.2, -0.15) is 0 Å². The number of non-ortho nitro benzene ring substituents is 1. The summed E-state index contributed by atoms with van der Waals surface area (Å²) in [6, 6.07) is 6.53. The lowest BCUT2D eigenvalue weighted by Crippen LogP contribution is -2.35. The minimum Gasteiger partial charge on any atom is -0.347 e. The summed E-state index contributed by atoms with van der Waals surface area (Å²) in [5.41, 5.74) is 0.0438. The number of hydrogen-bond acceptors (Lipinski definition) is 5. The summed E-state index contributed by atoms with van der Waals surface area (Å²) in [6.45, 7) is 1.71. The number of nitro benzene ring substituents is 1. The van der Waals surface area contributed by atoms with Crippen LogP contribution >= 0.6 is 11.3 Å². The number of hydrogen-bond donors (Lipinski definition) is 2. The van der Waals surface area contributed by atoms with E-state index < -0.39 is 4.92 Å². The van der Waals surface area contributed by atoms with Gasteiger partial charge in [0.15, 0.2) is 0 Å². The summed E-state index contributed by atoms with van der Waals surface area (Å²) in [4.78, 5) is 23.0. The van der Waals surface area contributed by atoms with Crippen molar-refractivity contribution < 1.29 is 9.72 Å². The Bertz CT molecular complexity index is 677. The van der Waals surface area contributed by atoms with Gasteiger partial charge in [-0.25, -0.2) is 0 Å². The van der Waals surface area contributed by atoms with E-state index in [0.29, 0.717) is 4.88 Å². The molecule has 1 amide bonds. The Morgan fingerprint density at radius 2 is 2.30 bits per heavy atom. The highest BCUT2D eigenvalue weighted by molar-refractivity contribution is 7.20. The molecule has 6 nitrogen and oxygen atoms in total. The number of amides is 1. The fraction of sp³-hybridized carbons (Fsp3) is 0.308. The Kier molecular flexibility index (Phi) is 3.37. The van der Waals surface area contributed by atoms with E-state index in [1.807, 2.05) is 0 Å². The third-order valence-electron chi connectivity index (χ3n) is 3.33. The molecule has 3 rings (SSSR count). The standard InChI is InChI=1S/C13H13N3O3S/c17-13(15-9-3-4-14-7-9)12-6-8-5-10(16(18)19)1-2-11(8)20-12/h1-2,5-6,9,14H,3-4,7H2,(H,15,17). The molecule has 1 aromatic heterocycles. The minimum absolute atomic E-state index is 0.0438. The molecule has 0 spiro atoms. The molecule has 2 heterocycles. The summed E-state index contributed by atoms with van der Waals surface area (Å²) in [5.74, 6) is -0.109. The first-order valence-corrected chi connectivity index (χ1v) is 7.15. The second kappa shape index (κ2) is 5.18. The first kappa shape index (κ1) is 13.0. The predicted molar refractivity (Wildman–Crippen MR) is 77.2 cm³/mol. The van der Waals surface area contributed by atoms with Crippen molar-refractivity contribution in [3.05, 3.63) is 39.3 Å². The third-order valence-corrected chi connectivity index (χ3v) is 4.44. The molecular formula is C13H13N3O3S. The van der Waals surface area contributed by atoms with Gasteiger partial charge in [0.1, 0.15) is 0 Å². The normalized spacial score (nSPS) is 18.3. The smallest absolute Gasteiger partial charge is 0.270 e. The van der Waals surface area contributed by atoms with Crippen molar-refractivity contribution in [3.8, 4) is 0 Å². The lowest BCUT2D eigenvalue weighted by atomic mass is 10.2. The monoisotopic (exact) mass is 291 g/mol. The zero-order valence-electron chi connectivity index (χ0n) is 10.6. The van der Waals surface area contributed by atoms with Gasteiger partial charge in [-0.3, -0.25) is 14.9 Å². The average Bonchev–Trinajstić information content (AvgIpc) is 3.05. The molecule has 1 aliphatic rings. The van der Waals surface area contributed by atoms with Crippen LogP contribution in [0.15, 0.2) is 24.3 Å². The summed E-state index contributed by atoms with van der Waals surface area (Å²) < 4.78 is 0.880. The van der Waals surface area contributed by atoms with Crippen molar-refractivity contribution in [2.24, 2.45) is 0 Å². The highest BCUT2D eigenvalue weighted by Gasteiger charge is 2.19. The van der Waals surface area contributed by atoms with Gasteiger partial charge in [0.2, 0.25) is 0 Å². The average molecular weight is 291 g/mol. The number of nitrogens with one attached hydrogen (secondary N) is 2. The molecule has 7 heteroatoms. The topological polar surface area (TPSA) is 84.3 Å². The quantitative estimate of drug-likeness (QED) is 0.668. The number of thiophene rings is 1. The fourth-order valence-electron chi connectivity index (χ4n) is 2.29. The van der Waals surface area contributed by atoms with Crippen LogP contribution in [0.5, 0.6) is 0 Å². The first-order valence-electron chi connectivity index (χ1n) is 6.33. The molecule has 104 valence electrons. The van der Waals surface area contributed by atoms with Crippen LogP contribution in [-0.2, 0) is 0 Å². The second-order valence-corrected chi connectivity index (χ2v) is 5.84. The molecule has 1 aliphatic heterocycles. The first-order chi connectivity index (χ1) is 9.63. The molecular weight excluding hydrogens is 278 g/mol. The SMILES string of the molecule is O=C(NC1CCNC1)c1cc2cc([N+](=O)[O-])ccc2s1. The van der Waals surface area contributed by atoms with Crippen molar-refractivity contribution in [2.75, 3.05) is 13.1 Å². The Morgan fingerprint density at radius 3 is 3.00 bits per heavy atom. The van der Waals surface area contributed by atoms with Gasteiger partial charge in [0.25, 0.3) is 11.6 Å². The molecule has 1 aromatic carbocycles. The molecule has 1 unspecified atom stereocenters. The summed E-state index contributed by atoms with van der Waals surface area (Å²) in [6.07, 6.45) is 0.933. The van der Waals surface area contributed by atoms with Crippen LogP contribution in [-0.4, -0.2) is 30.0 Å². The summed E-state index contributed by atoms with van der Waals surface area (Å²) >= 11 is 1.35. The number of carbonyl (C=O) groups is 1. The molecule has 0 saturated carbocycles. The van der Waals surface area contributed by atoms with E-state index >= 15 is 0 Å².